The Hall–Kier alpha value is -1.43. The lowest BCUT2D eigenvalue weighted by Gasteiger charge is -1.97. The molecule has 2 unspecified atom stereocenters. The molecular formula is C8H13N5O. The van der Waals surface area contributed by atoms with E-state index >= 15 is 0 Å². The molecule has 0 radical (unpaired) electrons. The molecule has 1 fully saturated rings. The highest BCUT2D eigenvalue weighted by Gasteiger charge is 2.35. The number of nitrogens with one attached hydrogen (secondary N) is 2. The second kappa shape index (κ2) is 3.38. The number of amides is 1. The van der Waals surface area contributed by atoms with Gasteiger partial charge in [-0.3, -0.25) is 9.89 Å². The molecule has 2 atom stereocenters. The van der Waals surface area contributed by atoms with E-state index in [2.05, 4.69) is 20.5 Å². The lowest BCUT2D eigenvalue weighted by molar-refractivity contribution is 0.0940. The summed E-state index contributed by atoms with van der Waals surface area (Å²) in [5.41, 5.74) is 5.56. The lowest BCUT2D eigenvalue weighted by atomic mass is 10.4. The van der Waals surface area contributed by atoms with E-state index < -0.39 is 0 Å². The van der Waals surface area contributed by atoms with E-state index in [0.717, 1.165) is 18.7 Å². The maximum atomic E-state index is 11.5. The zero-order chi connectivity index (χ0) is 10.1. The first kappa shape index (κ1) is 9.14. The van der Waals surface area contributed by atoms with Crippen LogP contribution in [0.3, 0.4) is 0 Å². The molecule has 4 N–H and O–H groups in total. The number of aromatic amines is 1. The van der Waals surface area contributed by atoms with Crippen LogP contribution in [0.15, 0.2) is 0 Å². The molecule has 1 amide bonds. The van der Waals surface area contributed by atoms with Gasteiger partial charge in [-0.15, -0.1) is 5.10 Å². The first-order chi connectivity index (χ1) is 6.70. The van der Waals surface area contributed by atoms with Gasteiger partial charge in [-0.2, -0.15) is 0 Å². The third kappa shape index (κ3) is 1.74. The number of nitrogens with zero attached hydrogens (tertiary/aromatic N) is 2. The summed E-state index contributed by atoms with van der Waals surface area (Å²) in [5, 5.41) is 9.24. The van der Waals surface area contributed by atoms with Crippen molar-refractivity contribution in [2.24, 2.45) is 5.73 Å². The van der Waals surface area contributed by atoms with Crippen molar-refractivity contribution < 1.29 is 4.79 Å². The highest BCUT2D eigenvalue weighted by Crippen LogP contribution is 2.17. The normalized spacial score (nSPS) is 24.7. The Kier molecular flexibility index (Phi) is 2.20. The molecule has 1 saturated carbocycles. The summed E-state index contributed by atoms with van der Waals surface area (Å²) >= 11 is 0. The van der Waals surface area contributed by atoms with Crippen LogP contribution in [0.4, 0.5) is 0 Å². The smallest absolute Gasteiger partial charge is 0.291 e. The minimum Gasteiger partial charge on any atom is -0.345 e. The van der Waals surface area contributed by atoms with Gasteiger partial charge in [-0.05, 0) is 6.42 Å². The molecule has 76 valence electrons. The average molecular weight is 195 g/mol. The molecule has 2 rings (SSSR count). The van der Waals surface area contributed by atoms with Gasteiger partial charge in [-0.1, -0.05) is 6.92 Å². The molecule has 1 aliphatic rings. The Labute approximate surface area is 81.3 Å². The molecular weight excluding hydrogens is 182 g/mol. The second-order valence-corrected chi connectivity index (χ2v) is 3.44. The zero-order valence-corrected chi connectivity index (χ0v) is 7.95. The van der Waals surface area contributed by atoms with Gasteiger partial charge in [0.1, 0.15) is 5.82 Å². The number of hydrogen-bond donors (Lipinski definition) is 3. The first-order valence-electron chi connectivity index (χ1n) is 4.68. The summed E-state index contributed by atoms with van der Waals surface area (Å²) in [4.78, 5) is 15.5. The summed E-state index contributed by atoms with van der Waals surface area (Å²) in [6.07, 6.45) is 1.58. The highest BCUT2D eigenvalue weighted by molar-refractivity contribution is 5.90. The Bertz CT molecular complexity index is 347. The Morgan fingerprint density at radius 1 is 1.79 bits per heavy atom. The number of aromatic nitrogens is 3. The number of H-pyrrole nitrogens is 1. The van der Waals surface area contributed by atoms with Crippen LogP contribution < -0.4 is 11.1 Å². The van der Waals surface area contributed by atoms with Crippen molar-refractivity contribution in [1.29, 1.82) is 0 Å². The summed E-state index contributed by atoms with van der Waals surface area (Å²) in [5.74, 6) is 0.662. The van der Waals surface area contributed by atoms with Gasteiger partial charge in [0.15, 0.2) is 0 Å². The second-order valence-electron chi connectivity index (χ2n) is 3.44. The van der Waals surface area contributed by atoms with E-state index in [-0.39, 0.29) is 23.8 Å². The number of nitrogens with two attached hydrogens (primary N) is 1. The van der Waals surface area contributed by atoms with Gasteiger partial charge in [0.05, 0.1) is 0 Å². The van der Waals surface area contributed by atoms with Crippen molar-refractivity contribution >= 4 is 5.91 Å². The lowest BCUT2D eigenvalue weighted by Crippen LogP contribution is -2.30. The van der Waals surface area contributed by atoms with Crippen LogP contribution in [-0.4, -0.2) is 33.2 Å². The van der Waals surface area contributed by atoms with E-state index in [9.17, 15) is 4.79 Å². The van der Waals surface area contributed by atoms with Crippen LogP contribution in [0.1, 0.15) is 29.8 Å². The van der Waals surface area contributed by atoms with E-state index in [1.54, 1.807) is 0 Å². The summed E-state index contributed by atoms with van der Waals surface area (Å²) in [7, 11) is 0. The van der Waals surface area contributed by atoms with Crippen molar-refractivity contribution in [2.45, 2.75) is 31.8 Å². The number of carbonyl (C=O) groups excluding carboxylic acids is 1. The summed E-state index contributed by atoms with van der Waals surface area (Å²) in [6.45, 7) is 1.94. The molecule has 0 aromatic carbocycles. The number of carbonyl (C=O) groups is 1. The third-order valence-electron chi connectivity index (χ3n) is 2.23. The first-order valence-corrected chi connectivity index (χ1v) is 4.68. The average Bonchev–Trinajstić information content (AvgIpc) is 2.72. The van der Waals surface area contributed by atoms with Crippen molar-refractivity contribution in [1.82, 2.24) is 20.5 Å². The molecule has 0 spiro atoms. The van der Waals surface area contributed by atoms with Crippen LogP contribution in [0, 0.1) is 0 Å². The van der Waals surface area contributed by atoms with Crippen LogP contribution in [0.5, 0.6) is 0 Å². The Balaban J connectivity index is 1.96. The van der Waals surface area contributed by atoms with Gasteiger partial charge in [0, 0.05) is 18.5 Å². The van der Waals surface area contributed by atoms with E-state index in [0.29, 0.717) is 0 Å². The molecule has 1 aliphatic carbocycles. The minimum atomic E-state index is -0.251. The fourth-order valence-electron chi connectivity index (χ4n) is 1.17. The number of aryl methyl sites for hydroxylation is 1. The van der Waals surface area contributed by atoms with Crippen molar-refractivity contribution in [3.63, 3.8) is 0 Å². The largest absolute Gasteiger partial charge is 0.345 e. The molecule has 0 bridgehead atoms. The fraction of sp³-hybridized carbons (Fsp3) is 0.625. The van der Waals surface area contributed by atoms with Crippen LogP contribution in [-0.2, 0) is 6.42 Å². The molecule has 14 heavy (non-hydrogen) atoms. The maximum absolute atomic E-state index is 11.5. The molecule has 6 heteroatoms. The van der Waals surface area contributed by atoms with Crippen LogP contribution in [0.25, 0.3) is 0 Å². The Morgan fingerprint density at radius 3 is 3.00 bits per heavy atom. The molecule has 1 aromatic heterocycles. The van der Waals surface area contributed by atoms with Crippen molar-refractivity contribution in [3.8, 4) is 0 Å². The van der Waals surface area contributed by atoms with Crippen molar-refractivity contribution in [3.05, 3.63) is 11.6 Å². The van der Waals surface area contributed by atoms with E-state index in [1.807, 2.05) is 6.92 Å². The Morgan fingerprint density at radius 2 is 2.50 bits per heavy atom. The van der Waals surface area contributed by atoms with E-state index in [1.165, 1.54) is 0 Å². The van der Waals surface area contributed by atoms with Crippen LogP contribution in [0.2, 0.25) is 0 Å². The highest BCUT2D eigenvalue weighted by atomic mass is 16.2. The fourth-order valence-corrected chi connectivity index (χ4v) is 1.17. The molecule has 1 aromatic rings. The molecule has 1 heterocycles. The summed E-state index contributed by atoms with van der Waals surface area (Å²) in [6, 6.07) is 0.203. The minimum absolute atomic E-state index is 0.100. The zero-order valence-electron chi connectivity index (χ0n) is 7.95. The van der Waals surface area contributed by atoms with E-state index in [4.69, 9.17) is 5.73 Å². The molecule has 6 nitrogen and oxygen atoms in total. The van der Waals surface area contributed by atoms with Gasteiger partial charge < -0.3 is 11.1 Å². The van der Waals surface area contributed by atoms with Gasteiger partial charge in [0.25, 0.3) is 5.91 Å². The third-order valence-corrected chi connectivity index (χ3v) is 2.23. The van der Waals surface area contributed by atoms with Gasteiger partial charge in [0.2, 0.25) is 5.82 Å². The number of rotatable bonds is 3. The van der Waals surface area contributed by atoms with Gasteiger partial charge in [-0.25, -0.2) is 4.98 Å². The summed E-state index contributed by atoms with van der Waals surface area (Å²) < 4.78 is 0. The topological polar surface area (TPSA) is 96.7 Å². The molecule has 0 saturated heterocycles. The monoisotopic (exact) mass is 195 g/mol. The SMILES string of the molecule is CCc1nc(C(=O)NC2CC2N)n[nH]1. The predicted octanol–water partition coefficient (Wildman–Crippen LogP) is -0.803. The quantitative estimate of drug-likeness (QED) is 0.588. The number of hydrogen-bond acceptors (Lipinski definition) is 4. The maximum Gasteiger partial charge on any atom is 0.291 e. The van der Waals surface area contributed by atoms with Gasteiger partial charge >= 0.3 is 0 Å². The predicted molar refractivity (Wildman–Crippen MR) is 49.6 cm³/mol. The molecule has 0 aliphatic heterocycles. The van der Waals surface area contributed by atoms with Crippen LogP contribution >= 0.6 is 0 Å². The van der Waals surface area contributed by atoms with Crippen molar-refractivity contribution in [2.75, 3.05) is 0 Å². The standard InChI is InChI=1S/C8H13N5O/c1-2-6-11-7(13-12-6)8(14)10-5-3-4(5)9/h4-5H,2-3,9H2,1H3,(H,10,14)(H,11,12,13).